The number of guanidine groups is 1. The van der Waals surface area contributed by atoms with Gasteiger partial charge in [0.05, 0.1) is 13.7 Å². The maximum absolute atomic E-state index is 9.18. The molecule has 0 radical (unpaired) electrons. The Hall–Kier alpha value is -1.02. The molecule has 1 aromatic rings. The van der Waals surface area contributed by atoms with Gasteiger partial charge in [0.15, 0.2) is 5.96 Å². The molecule has 3 N–H and O–H groups in total. The monoisotopic (exact) mass is 463 g/mol. The molecule has 1 rings (SSSR count). The summed E-state index contributed by atoms with van der Waals surface area (Å²) in [4.78, 5) is 4.67. The maximum Gasteiger partial charge on any atom is 0.191 e. The summed E-state index contributed by atoms with van der Waals surface area (Å²) in [6.45, 7) is 8.73. The van der Waals surface area contributed by atoms with Gasteiger partial charge in [-0.05, 0) is 44.2 Å². The van der Waals surface area contributed by atoms with Crippen LogP contribution in [0.3, 0.4) is 0 Å². The molecule has 25 heavy (non-hydrogen) atoms. The predicted molar refractivity (Wildman–Crippen MR) is 116 cm³/mol. The second-order valence-electron chi connectivity index (χ2n) is 6.06. The van der Waals surface area contributed by atoms with Crippen LogP contribution in [-0.2, 0) is 6.54 Å². The lowest BCUT2D eigenvalue weighted by molar-refractivity contribution is 0.251. The number of aryl methyl sites for hydroxylation is 1. The Kier molecular flexibility index (Phi) is 13.6. The molecule has 0 saturated heterocycles. The van der Waals surface area contributed by atoms with Crippen molar-refractivity contribution in [3.63, 3.8) is 0 Å². The largest absolute Gasteiger partial charge is 0.496 e. The first-order chi connectivity index (χ1) is 11.6. The Morgan fingerprint density at radius 3 is 2.60 bits per heavy atom. The van der Waals surface area contributed by atoms with Gasteiger partial charge in [-0.3, -0.25) is 0 Å². The van der Waals surface area contributed by atoms with Crippen LogP contribution in [-0.4, -0.2) is 37.9 Å². The Balaban J connectivity index is 0.00000576. The highest BCUT2D eigenvalue weighted by Gasteiger charge is 2.09. The van der Waals surface area contributed by atoms with E-state index in [9.17, 15) is 5.11 Å². The molecule has 0 aromatic heterocycles. The maximum atomic E-state index is 9.18. The first-order valence-electron chi connectivity index (χ1n) is 8.91. The fourth-order valence-electron chi connectivity index (χ4n) is 2.67. The number of methoxy groups -OCH3 is 1. The molecular formula is C19H34IN3O2. The third-order valence-electron chi connectivity index (χ3n) is 3.99. The molecule has 0 saturated carbocycles. The summed E-state index contributed by atoms with van der Waals surface area (Å²) in [6.07, 6.45) is 3.06. The standard InChI is InChI=1S/C19H33N3O2.HI/c1-5-7-16(10-11-23)13-21-19(20-6-2)22-14-17-9-8-15(3)12-18(17)24-4;/h8-9,12,16,23H,5-7,10-11,13-14H2,1-4H3,(H2,20,21,22);1H. The number of aliphatic imine (C=N–C) groups is 1. The van der Waals surface area contributed by atoms with Crippen LogP contribution in [0.25, 0.3) is 0 Å². The molecule has 0 amide bonds. The predicted octanol–water partition coefficient (Wildman–Crippen LogP) is 3.48. The van der Waals surface area contributed by atoms with Gasteiger partial charge in [-0.15, -0.1) is 24.0 Å². The molecule has 1 atom stereocenters. The average molecular weight is 463 g/mol. The van der Waals surface area contributed by atoms with Crippen LogP contribution in [0.5, 0.6) is 5.75 Å². The highest BCUT2D eigenvalue weighted by molar-refractivity contribution is 14.0. The van der Waals surface area contributed by atoms with Gasteiger partial charge in [0, 0.05) is 25.3 Å². The van der Waals surface area contributed by atoms with Crippen LogP contribution in [0.1, 0.15) is 44.2 Å². The number of benzene rings is 1. The van der Waals surface area contributed by atoms with Gasteiger partial charge in [0.25, 0.3) is 0 Å². The van der Waals surface area contributed by atoms with E-state index in [1.54, 1.807) is 7.11 Å². The highest BCUT2D eigenvalue weighted by atomic mass is 127. The summed E-state index contributed by atoms with van der Waals surface area (Å²) >= 11 is 0. The lowest BCUT2D eigenvalue weighted by atomic mass is 10.0. The number of ether oxygens (including phenoxy) is 1. The quantitative estimate of drug-likeness (QED) is 0.283. The molecule has 0 aliphatic carbocycles. The Morgan fingerprint density at radius 1 is 1.24 bits per heavy atom. The molecule has 0 aliphatic heterocycles. The zero-order chi connectivity index (χ0) is 17.8. The summed E-state index contributed by atoms with van der Waals surface area (Å²) in [7, 11) is 1.69. The zero-order valence-corrected chi connectivity index (χ0v) is 18.3. The SMILES string of the molecule is CCCC(CCO)CNC(=NCc1ccc(C)cc1OC)NCC.I. The van der Waals surface area contributed by atoms with E-state index in [4.69, 9.17) is 4.74 Å². The smallest absolute Gasteiger partial charge is 0.191 e. The van der Waals surface area contributed by atoms with Crippen LogP contribution in [0.4, 0.5) is 0 Å². The van der Waals surface area contributed by atoms with Gasteiger partial charge in [0.2, 0.25) is 0 Å². The van der Waals surface area contributed by atoms with Crippen molar-refractivity contribution in [2.45, 2.75) is 46.6 Å². The van der Waals surface area contributed by atoms with E-state index in [0.29, 0.717) is 12.5 Å². The lowest BCUT2D eigenvalue weighted by Crippen LogP contribution is -2.40. The van der Waals surface area contributed by atoms with Gasteiger partial charge in [-0.2, -0.15) is 0 Å². The van der Waals surface area contributed by atoms with E-state index in [0.717, 1.165) is 49.6 Å². The van der Waals surface area contributed by atoms with Crippen LogP contribution in [0.15, 0.2) is 23.2 Å². The normalized spacial score (nSPS) is 12.3. The van der Waals surface area contributed by atoms with Crippen LogP contribution in [0, 0.1) is 12.8 Å². The number of nitrogens with zero attached hydrogens (tertiary/aromatic N) is 1. The topological polar surface area (TPSA) is 65.9 Å². The number of hydrogen-bond donors (Lipinski definition) is 3. The summed E-state index contributed by atoms with van der Waals surface area (Å²) < 4.78 is 5.44. The first kappa shape index (κ1) is 24.0. The number of aliphatic hydroxyl groups is 1. The molecular weight excluding hydrogens is 429 g/mol. The van der Waals surface area contributed by atoms with Crippen molar-refractivity contribution in [2.75, 3.05) is 26.8 Å². The van der Waals surface area contributed by atoms with Crippen LogP contribution in [0.2, 0.25) is 0 Å². The molecule has 6 heteroatoms. The van der Waals surface area contributed by atoms with E-state index in [2.05, 4.69) is 48.5 Å². The van der Waals surface area contributed by atoms with Crippen LogP contribution >= 0.6 is 24.0 Å². The number of halogens is 1. The van der Waals surface area contributed by atoms with Crippen molar-refractivity contribution in [3.05, 3.63) is 29.3 Å². The summed E-state index contributed by atoms with van der Waals surface area (Å²) in [6, 6.07) is 6.17. The summed E-state index contributed by atoms with van der Waals surface area (Å²) in [5.41, 5.74) is 2.25. The molecule has 144 valence electrons. The minimum absolute atomic E-state index is 0. The van der Waals surface area contributed by atoms with Gasteiger partial charge in [-0.1, -0.05) is 25.5 Å². The second kappa shape index (κ2) is 14.2. The highest BCUT2D eigenvalue weighted by Crippen LogP contribution is 2.20. The van der Waals surface area contributed by atoms with Crippen molar-refractivity contribution in [2.24, 2.45) is 10.9 Å². The van der Waals surface area contributed by atoms with E-state index < -0.39 is 0 Å². The minimum atomic E-state index is 0. The third-order valence-corrected chi connectivity index (χ3v) is 3.99. The van der Waals surface area contributed by atoms with Crippen molar-refractivity contribution >= 4 is 29.9 Å². The van der Waals surface area contributed by atoms with Gasteiger partial charge < -0.3 is 20.5 Å². The fraction of sp³-hybridized carbons (Fsp3) is 0.632. The van der Waals surface area contributed by atoms with Gasteiger partial charge in [0.1, 0.15) is 5.75 Å². The van der Waals surface area contributed by atoms with Crippen molar-refractivity contribution in [1.29, 1.82) is 0 Å². The van der Waals surface area contributed by atoms with Gasteiger partial charge >= 0.3 is 0 Å². The molecule has 0 bridgehead atoms. The average Bonchev–Trinajstić information content (AvgIpc) is 2.58. The Bertz CT molecular complexity index is 503. The second-order valence-corrected chi connectivity index (χ2v) is 6.06. The zero-order valence-electron chi connectivity index (χ0n) is 16.0. The Morgan fingerprint density at radius 2 is 2.00 bits per heavy atom. The lowest BCUT2D eigenvalue weighted by Gasteiger charge is -2.18. The van der Waals surface area contributed by atoms with Gasteiger partial charge in [-0.25, -0.2) is 4.99 Å². The summed E-state index contributed by atoms with van der Waals surface area (Å²) in [5.74, 6) is 2.15. The van der Waals surface area contributed by atoms with Crippen molar-refractivity contribution in [1.82, 2.24) is 10.6 Å². The van der Waals surface area contributed by atoms with Crippen molar-refractivity contribution in [3.8, 4) is 5.75 Å². The number of aliphatic hydroxyl groups excluding tert-OH is 1. The van der Waals surface area contributed by atoms with E-state index in [1.165, 1.54) is 5.56 Å². The van der Waals surface area contributed by atoms with E-state index >= 15 is 0 Å². The Labute approximate surface area is 169 Å². The number of rotatable bonds is 10. The number of hydrogen-bond acceptors (Lipinski definition) is 3. The molecule has 0 spiro atoms. The first-order valence-corrected chi connectivity index (χ1v) is 8.91. The van der Waals surface area contributed by atoms with Crippen LogP contribution < -0.4 is 15.4 Å². The molecule has 0 heterocycles. The molecule has 1 aromatic carbocycles. The van der Waals surface area contributed by atoms with E-state index in [1.807, 2.05) is 6.07 Å². The third kappa shape index (κ3) is 9.30. The minimum Gasteiger partial charge on any atom is -0.496 e. The molecule has 5 nitrogen and oxygen atoms in total. The fourth-order valence-corrected chi connectivity index (χ4v) is 2.67. The van der Waals surface area contributed by atoms with Crippen molar-refractivity contribution < 1.29 is 9.84 Å². The molecule has 0 aliphatic rings. The molecule has 1 unspecified atom stereocenters. The number of nitrogens with one attached hydrogen (secondary N) is 2. The summed E-state index contributed by atoms with van der Waals surface area (Å²) in [5, 5.41) is 15.8. The molecule has 0 fully saturated rings. The van der Waals surface area contributed by atoms with E-state index in [-0.39, 0.29) is 30.6 Å².